The van der Waals surface area contributed by atoms with Gasteiger partial charge in [0.05, 0.1) is 6.10 Å². The Bertz CT molecular complexity index is 434. The normalized spacial score (nSPS) is 56.0. The van der Waals surface area contributed by atoms with E-state index in [-0.39, 0.29) is 24.4 Å². The summed E-state index contributed by atoms with van der Waals surface area (Å²) in [6.45, 7) is 0. The van der Waals surface area contributed by atoms with Gasteiger partial charge in [-0.05, 0) is 5.53 Å². The van der Waals surface area contributed by atoms with E-state index >= 15 is 0 Å². The average molecular weight is 223 g/mol. The molecule has 0 amide bonds. The molecule has 0 saturated carbocycles. The van der Waals surface area contributed by atoms with Crippen molar-refractivity contribution in [2.75, 3.05) is 0 Å². The quantitative estimate of drug-likeness (QED) is 0.210. The summed E-state index contributed by atoms with van der Waals surface area (Å²) in [5, 5.41) is 3.46. The van der Waals surface area contributed by atoms with E-state index in [0.29, 0.717) is 12.8 Å². The van der Waals surface area contributed by atoms with Crippen LogP contribution < -0.4 is 0 Å². The number of carbonyl (C=O) groups is 1. The van der Waals surface area contributed by atoms with Gasteiger partial charge in [0.15, 0.2) is 0 Å². The van der Waals surface area contributed by atoms with Crippen LogP contribution in [0.25, 0.3) is 10.4 Å². The molecule has 4 fully saturated rings. The minimum atomic E-state index is -0.704. The van der Waals surface area contributed by atoms with Crippen molar-refractivity contribution in [1.29, 1.82) is 0 Å². The predicted octanol–water partition coefficient (Wildman–Crippen LogP) is 0.289. The van der Waals surface area contributed by atoms with E-state index in [0.717, 1.165) is 0 Å². The van der Waals surface area contributed by atoms with E-state index in [1.54, 1.807) is 0 Å². The summed E-state index contributed by atoms with van der Waals surface area (Å²) in [6.07, 6.45) is 1.26. The summed E-state index contributed by atoms with van der Waals surface area (Å²) < 4.78 is 16.5. The summed E-state index contributed by atoms with van der Waals surface area (Å²) in [7, 11) is 0. The summed E-state index contributed by atoms with van der Waals surface area (Å²) in [6, 6.07) is -0.704. The molecule has 0 N–H and O–H groups in total. The van der Waals surface area contributed by atoms with E-state index in [1.807, 2.05) is 0 Å². The minimum Gasteiger partial charge on any atom is -0.456 e. The Hall–Kier alpha value is -1.30. The molecule has 4 aliphatic rings. The number of carbonyl (C=O) groups excluding carboxylic acids is 1. The molecule has 0 aromatic rings. The first kappa shape index (κ1) is 8.81. The molecular formula is C9H9N3O4. The van der Waals surface area contributed by atoms with Crippen LogP contribution in [0.1, 0.15) is 12.8 Å². The first-order chi connectivity index (χ1) is 7.73. The van der Waals surface area contributed by atoms with Gasteiger partial charge in [0.1, 0.15) is 30.0 Å². The average Bonchev–Trinajstić information content (AvgIpc) is 2.77. The number of rotatable bonds is 1. The summed E-state index contributed by atoms with van der Waals surface area (Å²) in [5.41, 5.74) is 7.76. The molecule has 84 valence electrons. The van der Waals surface area contributed by atoms with Gasteiger partial charge in [-0.25, -0.2) is 0 Å². The van der Waals surface area contributed by atoms with E-state index in [1.165, 1.54) is 0 Å². The van der Waals surface area contributed by atoms with Crippen LogP contribution in [0.15, 0.2) is 5.11 Å². The third-order valence-electron chi connectivity index (χ3n) is 3.92. The SMILES string of the molecule is [N-]=[N+]=N[C@H]1CC2(CC3OC2C2OC32)OC1=O. The van der Waals surface area contributed by atoms with E-state index < -0.39 is 17.6 Å². The molecule has 4 heterocycles. The Morgan fingerprint density at radius 3 is 2.94 bits per heavy atom. The Morgan fingerprint density at radius 2 is 2.25 bits per heavy atom. The second-order valence-electron chi connectivity index (χ2n) is 4.78. The van der Waals surface area contributed by atoms with Crippen LogP contribution in [-0.4, -0.2) is 42.0 Å². The molecule has 6 atom stereocenters. The number of epoxide rings is 1. The lowest BCUT2D eigenvalue weighted by Gasteiger charge is -2.27. The fraction of sp³-hybridized carbons (Fsp3) is 0.889. The Labute approximate surface area is 90.3 Å². The first-order valence-electron chi connectivity index (χ1n) is 5.31. The second kappa shape index (κ2) is 2.51. The highest BCUT2D eigenvalue weighted by Crippen LogP contribution is 2.57. The fourth-order valence-corrected chi connectivity index (χ4v) is 3.24. The summed E-state index contributed by atoms with van der Waals surface area (Å²) in [4.78, 5) is 14.2. The minimum absolute atomic E-state index is 0.0487. The number of hydrogen-bond acceptors (Lipinski definition) is 5. The molecule has 0 radical (unpaired) electrons. The summed E-state index contributed by atoms with van der Waals surface area (Å²) in [5.74, 6) is -0.439. The Kier molecular flexibility index (Phi) is 1.38. The molecule has 0 aromatic carbocycles. The van der Waals surface area contributed by atoms with Crippen LogP contribution in [0, 0.1) is 0 Å². The highest BCUT2D eigenvalue weighted by Gasteiger charge is 2.74. The van der Waals surface area contributed by atoms with Crippen LogP contribution in [0.3, 0.4) is 0 Å². The van der Waals surface area contributed by atoms with Gasteiger partial charge in [0.2, 0.25) is 0 Å². The summed E-state index contributed by atoms with van der Waals surface area (Å²) >= 11 is 0. The second-order valence-corrected chi connectivity index (χ2v) is 4.78. The number of esters is 1. The third-order valence-corrected chi connectivity index (χ3v) is 3.92. The Morgan fingerprint density at radius 1 is 1.38 bits per heavy atom. The number of fused-ring (bicyclic) bond motifs is 6. The van der Waals surface area contributed by atoms with Gasteiger partial charge in [0, 0.05) is 17.8 Å². The van der Waals surface area contributed by atoms with Gasteiger partial charge in [-0.15, -0.1) is 0 Å². The van der Waals surface area contributed by atoms with Crippen LogP contribution in [0.5, 0.6) is 0 Å². The smallest absolute Gasteiger partial charge is 0.315 e. The molecule has 2 bridgehead atoms. The molecule has 4 saturated heterocycles. The third kappa shape index (κ3) is 0.870. The molecule has 1 spiro atoms. The zero-order valence-electron chi connectivity index (χ0n) is 8.28. The molecule has 0 aromatic heterocycles. The molecule has 4 rings (SSSR count). The standard InChI is InChI=1S/C9H9N3O4/c10-12-11-3-1-9(16-8(3)13)2-4-5-6(15-5)7(9)14-4/h3-7H,1-2H2/t3-,4?,5?,6?,7?,9?/m0/s1. The highest BCUT2D eigenvalue weighted by molar-refractivity contribution is 5.79. The number of hydrogen-bond donors (Lipinski definition) is 0. The van der Waals surface area contributed by atoms with Crippen molar-refractivity contribution in [2.24, 2.45) is 5.11 Å². The van der Waals surface area contributed by atoms with E-state index in [4.69, 9.17) is 19.7 Å². The molecule has 5 unspecified atom stereocenters. The maximum atomic E-state index is 11.5. The van der Waals surface area contributed by atoms with Gasteiger partial charge >= 0.3 is 5.97 Å². The Balaban J connectivity index is 1.65. The molecule has 16 heavy (non-hydrogen) atoms. The van der Waals surface area contributed by atoms with Crippen LogP contribution in [0.2, 0.25) is 0 Å². The van der Waals surface area contributed by atoms with Crippen LogP contribution in [-0.2, 0) is 19.0 Å². The highest BCUT2D eigenvalue weighted by atomic mass is 16.7. The fourth-order valence-electron chi connectivity index (χ4n) is 3.24. The van der Waals surface area contributed by atoms with Gasteiger partial charge in [-0.3, -0.25) is 4.79 Å². The maximum absolute atomic E-state index is 11.5. The van der Waals surface area contributed by atoms with Crippen LogP contribution in [0.4, 0.5) is 0 Å². The van der Waals surface area contributed by atoms with Crippen molar-refractivity contribution >= 4 is 5.97 Å². The van der Waals surface area contributed by atoms with Gasteiger partial charge in [0.25, 0.3) is 0 Å². The van der Waals surface area contributed by atoms with Crippen molar-refractivity contribution < 1.29 is 19.0 Å². The van der Waals surface area contributed by atoms with Gasteiger partial charge in [-0.2, -0.15) is 0 Å². The van der Waals surface area contributed by atoms with Crippen molar-refractivity contribution in [3.8, 4) is 0 Å². The molecule has 7 nitrogen and oxygen atoms in total. The van der Waals surface area contributed by atoms with Crippen molar-refractivity contribution in [3.63, 3.8) is 0 Å². The van der Waals surface area contributed by atoms with Crippen molar-refractivity contribution in [1.82, 2.24) is 0 Å². The lowest BCUT2D eigenvalue weighted by molar-refractivity contribution is -0.154. The molecular weight excluding hydrogens is 214 g/mol. The monoisotopic (exact) mass is 223 g/mol. The predicted molar refractivity (Wildman–Crippen MR) is 48.3 cm³/mol. The maximum Gasteiger partial charge on any atom is 0.315 e. The lowest BCUT2D eigenvalue weighted by atomic mass is 9.82. The van der Waals surface area contributed by atoms with E-state index in [2.05, 4.69) is 10.0 Å². The lowest BCUT2D eigenvalue weighted by Crippen LogP contribution is -2.43. The molecule has 0 aliphatic carbocycles. The number of nitrogens with zero attached hydrogens (tertiary/aromatic N) is 3. The van der Waals surface area contributed by atoms with Gasteiger partial charge < -0.3 is 14.2 Å². The molecule has 4 aliphatic heterocycles. The van der Waals surface area contributed by atoms with Crippen LogP contribution >= 0.6 is 0 Å². The largest absolute Gasteiger partial charge is 0.456 e. The zero-order chi connectivity index (χ0) is 10.9. The zero-order valence-corrected chi connectivity index (χ0v) is 8.28. The topological polar surface area (TPSA) is 96.8 Å². The van der Waals surface area contributed by atoms with Gasteiger partial charge in [-0.1, -0.05) is 5.11 Å². The van der Waals surface area contributed by atoms with Crippen molar-refractivity contribution in [2.45, 2.75) is 48.9 Å². The number of ether oxygens (including phenoxy) is 3. The van der Waals surface area contributed by atoms with E-state index in [9.17, 15) is 4.79 Å². The van der Waals surface area contributed by atoms with Crippen molar-refractivity contribution in [3.05, 3.63) is 10.4 Å². The first-order valence-corrected chi connectivity index (χ1v) is 5.31. The molecule has 7 heteroatoms. The number of azide groups is 1.